The number of morpholine rings is 1. The maximum absolute atomic E-state index is 13.6. The summed E-state index contributed by atoms with van der Waals surface area (Å²) in [5.41, 5.74) is 0.480. The smallest absolute Gasteiger partial charge is 0.349 e. The predicted molar refractivity (Wildman–Crippen MR) is 120 cm³/mol. The summed E-state index contributed by atoms with van der Waals surface area (Å²) in [5.74, 6) is 6.07. The second-order valence-electron chi connectivity index (χ2n) is 8.59. The summed E-state index contributed by atoms with van der Waals surface area (Å²) < 4.78 is 65.2. The molecule has 0 aliphatic carbocycles. The zero-order valence-corrected chi connectivity index (χ0v) is 19.0. The number of halogens is 4. The van der Waals surface area contributed by atoms with Crippen LogP contribution in [-0.2, 0) is 15.7 Å². The molecule has 4 nitrogen and oxygen atoms in total. The van der Waals surface area contributed by atoms with Crippen LogP contribution < -0.4 is 0 Å². The minimum atomic E-state index is -4.43. The van der Waals surface area contributed by atoms with Crippen molar-refractivity contribution >= 4 is 0 Å². The summed E-state index contributed by atoms with van der Waals surface area (Å²) in [5, 5.41) is 0. The molecule has 0 aromatic heterocycles. The fraction of sp³-hybridized carbons (Fsp3) is 0.462. The number of alkyl halides is 3. The summed E-state index contributed by atoms with van der Waals surface area (Å²) in [6, 6.07) is 10.9. The van der Waals surface area contributed by atoms with Crippen molar-refractivity contribution in [1.29, 1.82) is 0 Å². The van der Waals surface area contributed by atoms with Gasteiger partial charge in [0.05, 0.1) is 37.4 Å². The molecular weight excluding hydrogens is 448 g/mol. The molecule has 0 saturated carbocycles. The van der Waals surface area contributed by atoms with Crippen LogP contribution >= 0.6 is 0 Å². The Kier molecular flexibility index (Phi) is 7.89. The van der Waals surface area contributed by atoms with Gasteiger partial charge in [0.2, 0.25) is 0 Å². The number of likely N-dealkylation sites (tertiary alicyclic amines) is 1. The average Bonchev–Trinajstić information content (AvgIpc) is 2.78. The summed E-state index contributed by atoms with van der Waals surface area (Å²) in [6.07, 6.45) is -4.62. The molecular formula is C26H28F4N2O2. The molecule has 34 heavy (non-hydrogen) atoms. The lowest BCUT2D eigenvalue weighted by Gasteiger charge is -2.41. The Balaban J connectivity index is 1.52. The number of ether oxygens (including phenoxy) is 2. The van der Waals surface area contributed by atoms with Crippen LogP contribution in [0.15, 0.2) is 48.5 Å². The van der Waals surface area contributed by atoms with Gasteiger partial charge >= 0.3 is 6.18 Å². The predicted octanol–water partition coefficient (Wildman–Crippen LogP) is 5.03. The van der Waals surface area contributed by atoms with Crippen molar-refractivity contribution in [2.24, 2.45) is 0 Å². The quantitative estimate of drug-likeness (QED) is 0.431. The number of rotatable bonds is 6. The lowest BCUT2D eigenvalue weighted by atomic mass is 10.0. The first kappa shape index (κ1) is 24.7. The molecule has 3 atom stereocenters. The molecule has 0 radical (unpaired) electrons. The van der Waals surface area contributed by atoms with Crippen molar-refractivity contribution < 1.29 is 27.0 Å². The fourth-order valence-corrected chi connectivity index (χ4v) is 4.12. The molecule has 0 amide bonds. The highest BCUT2D eigenvalue weighted by Crippen LogP contribution is 2.35. The van der Waals surface area contributed by atoms with E-state index in [1.165, 1.54) is 24.6 Å². The van der Waals surface area contributed by atoms with Crippen molar-refractivity contribution in [1.82, 2.24) is 9.80 Å². The molecule has 2 aliphatic heterocycles. The number of hydrogen-bond acceptors (Lipinski definition) is 4. The highest BCUT2D eigenvalue weighted by Gasteiger charge is 2.36. The van der Waals surface area contributed by atoms with Crippen LogP contribution in [0.2, 0.25) is 0 Å². The van der Waals surface area contributed by atoms with E-state index in [-0.39, 0.29) is 11.9 Å². The molecule has 2 aromatic rings. The molecule has 182 valence electrons. The maximum Gasteiger partial charge on any atom is 0.416 e. The standard InChI is InChI=1S/C26H28F4N2O2/c1-19(21-6-4-7-22(18-21)26(28,29)30)34-25-24(20-8-10-23(27)11-9-20)32(16-17-33-25)15-3-2-12-31-13-5-14-31/h4,6-11,18-19,24-25H,5,12-17H2,1H3. The minimum Gasteiger partial charge on any atom is -0.349 e. The monoisotopic (exact) mass is 476 g/mol. The molecule has 8 heteroatoms. The van der Waals surface area contributed by atoms with E-state index in [4.69, 9.17) is 9.47 Å². The second-order valence-corrected chi connectivity index (χ2v) is 8.59. The SMILES string of the molecule is CC(OC1OCCN(CC#CCN2CCC2)C1c1ccc(F)cc1)c1cccc(C(F)(F)F)c1. The topological polar surface area (TPSA) is 24.9 Å². The van der Waals surface area contributed by atoms with E-state index in [1.54, 1.807) is 25.1 Å². The van der Waals surface area contributed by atoms with E-state index >= 15 is 0 Å². The molecule has 2 aliphatic rings. The van der Waals surface area contributed by atoms with Gasteiger partial charge in [-0.25, -0.2) is 4.39 Å². The average molecular weight is 477 g/mol. The third kappa shape index (κ3) is 6.16. The van der Waals surface area contributed by atoms with Crippen LogP contribution in [0.5, 0.6) is 0 Å². The van der Waals surface area contributed by atoms with Crippen LogP contribution in [-0.4, -0.2) is 55.4 Å². The zero-order valence-electron chi connectivity index (χ0n) is 19.0. The van der Waals surface area contributed by atoms with Crippen molar-refractivity contribution in [3.05, 3.63) is 71.0 Å². The molecule has 2 saturated heterocycles. The summed E-state index contributed by atoms with van der Waals surface area (Å²) in [4.78, 5) is 4.38. The summed E-state index contributed by atoms with van der Waals surface area (Å²) >= 11 is 0. The molecule has 0 bridgehead atoms. The van der Waals surface area contributed by atoms with Gasteiger partial charge in [0.1, 0.15) is 5.82 Å². The number of hydrogen-bond donors (Lipinski definition) is 0. The van der Waals surface area contributed by atoms with Gasteiger partial charge in [-0.1, -0.05) is 36.1 Å². The molecule has 2 fully saturated rings. The first-order valence-corrected chi connectivity index (χ1v) is 11.4. The Hall–Kier alpha value is -2.44. The Bertz CT molecular complexity index is 1010. The first-order valence-electron chi connectivity index (χ1n) is 11.4. The Morgan fingerprint density at radius 1 is 1.06 bits per heavy atom. The molecule has 3 unspecified atom stereocenters. The Morgan fingerprint density at radius 3 is 2.47 bits per heavy atom. The highest BCUT2D eigenvalue weighted by atomic mass is 19.4. The molecule has 2 heterocycles. The maximum atomic E-state index is 13.6. The van der Waals surface area contributed by atoms with E-state index in [1.807, 2.05) is 0 Å². The van der Waals surface area contributed by atoms with E-state index in [0.29, 0.717) is 25.3 Å². The molecule has 0 spiro atoms. The van der Waals surface area contributed by atoms with E-state index in [0.717, 1.165) is 37.3 Å². The molecule has 2 aromatic carbocycles. The van der Waals surface area contributed by atoms with Gasteiger partial charge in [-0.2, -0.15) is 13.2 Å². The van der Waals surface area contributed by atoms with E-state index in [9.17, 15) is 17.6 Å². The van der Waals surface area contributed by atoms with Crippen molar-refractivity contribution in [2.45, 2.75) is 38.0 Å². The van der Waals surface area contributed by atoms with Gasteiger partial charge in [-0.05, 0) is 48.7 Å². The van der Waals surface area contributed by atoms with Crippen LogP contribution in [0, 0.1) is 17.7 Å². The van der Waals surface area contributed by atoms with Crippen LogP contribution in [0.3, 0.4) is 0 Å². The van der Waals surface area contributed by atoms with Crippen molar-refractivity contribution in [3.8, 4) is 11.8 Å². The molecule has 0 N–H and O–H groups in total. The van der Waals surface area contributed by atoms with Crippen LogP contribution in [0.4, 0.5) is 17.6 Å². The van der Waals surface area contributed by atoms with Gasteiger partial charge in [0.25, 0.3) is 0 Å². The molecule has 4 rings (SSSR count). The van der Waals surface area contributed by atoms with Gasteiger partial charge in [-0.3, -0.25) is 9.80 Å². The number of benzene rings is 2. The van der Waals surface area contributed by atoms with E-state index in [2.05, 4.69) is 21.6 Å². The van der Waals surface area contributed by atoms with Gasteiger partial charge in [-0.15, -0.1) is 0 Å². The lowest BCUT2D eigenvalue weighted by Crippen LogP contribution is -2.47. The fourth-order valence-electron chi connectivity index (χ4n) is 4.12. The zero-order chi connectivity index (χ0) is 24.1. The third-order valence-corrected chi connectivity index (χ3v) is 6.20. The van der Waals surface area contributed by atoms with Crippen LogP contribution in [0.25, 0.3) is 0 Å². The van der Waals surface area contributed by atoms with Crippen molar-refractivity contribution in [2.75, 3.05) is 39.3 Å². The van der Waals surface area contributed by atoms with E-state index < -0.39 is 24.1 Å². The normalized spacial score (nSPS) is 22.5. The van der Waals surface area contributed by atoms with Crippen molar-refractivity contribution in [3.63, 3.8) is 0 Å². The largest absolute Gasteiger partial charge is 0.416 e. The summed E-state index contributed by atoms with van der Waals surface area (Å²) in [7, 11) is 0. The lowest BCUT2D eigenvalue weighted by molar-refractivity contribution is -0.228. The minimum absolute atomic E-state index is 0.351. The Labute approximate surface area is 197 Å². The highest BCUT2D eigenvalue weighted by molar-refractivity contribution is 5.27. The van der Waals surface area contributed by atoms with Gasteiger partial charge in [0, 0.05) is 19.6 Å². The third-order valence-electron chi connectivity index (χ3n) is 6.20. The van der Waals surface area contributed by atoms with Crippen LogP contribution in [0.1, 0.15) is 42.2 Å². The Morgan fingerprint density at radius 2 is 1.79 bits per heavy atom. The van der Waals surface area contributed by atoms with Gasteiger partial charge < -0.3 is 9.47 Å². The number of nitrogens with zero attached hydrogens (tertiary/aromatic N) is 2. The first-order chi connectivity index (χ1) is 16.3. The summed E-state index contributed by atoms with van der Waals surface area (Å²) in [6.45, 7) is 6.08. The van der Waals surface area contributed by atoms with Gasteiger partial charge in [0.15, 0.2) is 6.29 Å². The second kappa shape index (κ2) is 10.9.